The zero-order valence-electron chi connectivity index (χ0n) is 22.2. The highest BCUT2D eigenvalue weighted by Gasteiger charge is 2.24. The van der Waals surface area contributed by atoms with Crippen molar-refractivity contribution in [3.05, 3.63) is 87.6 Å². The van der Waals surface area contributed by atoms with Crippen LogP contribution in [0.2, 0.25) is 0 Å². The molecule has 3 amide bonds. The molecule has 0 radical (unpaired) electrons. The molecule has 1 aromatic heterocycles. The lowest BCUT2D eigenvalue weighted by atomic mass is 9.93. The summed E-state index contributed by atoms with van der Waals surface area (Å²) >= 11 is 1.64. The average Bonchev–Trinajstić information content (AvgIpc) is 3.37. The Kier molecular flexibility index (Phi) is 10.1. The van der Waals surface area contributed by atoms with E-state index in [2.05, 4.69) is 51.2 Å². The number of nitrogens with one attached hydrogen (secondary N) is 1. The Balaban J connectivity index is 1.82. The number of para-hydroxylation sites is 1. The van der Waals surface area contributed by atoms with Crippen molar-refractivity contribution in [2.24, 2.45) is 0 Å². The molecule has 36 heavy (non-hydrogen) atoms. The third-order valence-corrected chi connectivity index (χ3v) is 7.07. The van der Waals surface area contributed by atoms with Gasteiger partial charge in [0.25, 0.3) is 0 Å². The van der Waals surface area contributed by atoms with Gasteiger partial charge >= 0.3 is 6.03 Å². The van der Waals surface area contributed by atoms with E-state index in [4.69, 9.17) is 0 Å². The SMILES string of the molecule is CCCN(CC(=O)N(Cc1ccccc1)Cc1cccs1)C(=O)Nc1c(C(C)C)cccc1C(C)C. The molecule has 0 unspecified atom stereocenters. The first-order chi connectivity index (χ1) is 17.3. The zero-order valence-corrected chi connectivity index (χ0v) is 23.0. The number of rotatable bonds is 11. The second kappa shape index (κ2) is 13.3. The summed E-state index contributed by atoms with van der Waals surface area (Å²) in [4.78, 5) is 31.7. The maximum Gasteiger partial charge on any atom is 0.322 e. The van der Waals surface area contributed by atoms with Crippen LogP contribution in [0.4, 0.5) is 10.5 Å². The molecule has 192 valence electrons. The molecule has 0 bridgehead atoms. The molecule has 1 N–H and O–H groups in total. The quantitative estimate of drug-likeness (QED) is 0.294. The van der Waals surface area contributed by atoms with Crippen molar-refractivity contribution in [3.8, 4) is 0 Å². The molecule has 0 saturated heterocycles. The highest BCUT2D eigenvalue weighted by atomic mass is 32.1. The van der Waals surface area contributed by atoms with Crippen molar-refractivity contribution in [2.75, 3.05) is 18.4 Å². The second-order valence-corrected chi connectivity index (χ2v) is 10.8. The Labute approximate surface area is 220 Å². The van der Waals surface area contributed by atoms with E-state index in [1.54, 1.807) is 16.2 Å². The Morgan fingerprint density at radius 3 is 2.06 bits per heavy atom. The fourth-order valence-corrected chi connectivity index (χ4v) is 5.01. The van der Waals surface area contributed by atoms with E-state index in [1.807, 2.05) is 59.7 Å². The minimum Gasteiger partial charge on any atom is -0.332 e. The van der Waals surface area contributed by atoms with Gasteiger partial charge in [-0.25, -0.2) is 4.79 Å². The first-order valence-electron chi connectivity index (χ1n) is 12.8. The number of hydrogen-bond donors (Lipinski definition) is 1. The summed E-state index contributed by atoms with van der Waals surface area (Å²) < 4.78 is 0. The number of hydrogen-bond acceptors (Lipinski definition) is 3. The topological polar surface area (TPSA) is 52.7 Å². The average molecular weight is 506 g/mol. The van der Waals surface area contributed by atoms with Gasteiger partial charge < -0.3 is 15.1 Å². The van der Waals surface area contributed by atoms with E-state index >= 15 is 0 Å². The predicted octanol–water partition coefficient (Wildman–Crippen LogP) is 7.47. The third kappa shape index (κ3) is 7.44. The Morgan fingerprint density at radius 2 is 1.50 bits per heavy atom. The number of nitrogens with zero attached hydrogens (tertiary/aromatic N) is 2. The highest BCUT2D eigenvalue weighted by molar-refractivity contribution is 7.09. The van der Waals surface area contributed by atoms with Gasteiger partial charge in [-0.2, -0.15) is 0 Å². The molecule has 0 aliphatic rings. The number of carbonyl (C=O) groups is 2. The Morgan fingerprint density at radius 1 is 0.833 bits per heavy atom. The highest BCUT2D eigenvalue weighted by Crippen LogP contribution is 2.32. The fourth-order valence-electron chi connectivity index (χ4n) is 4.29. The van der Waals surface area contributed by atoms with E-state index in [0.29, 0.717) is 19.6 Å². The summed E-state index contributed by atoms with van der Waals surface area (Å²) in [5, 5.41) is 5.21. The zero-order chi connectivity index (χ0) is 26.1. The summed E-state index contributed by atoms with van der Waals surface area (Å²) in [6, 6.07) is 20.0. The molecule has 1 heterocycles. The monoisotopic (exact) mass is 505 g/mol. The first kappa shape index (κ1) is 27.5. The van der Waals surface area contributed by atoms with Crippen LogP contribution in [-0.2, 0) is 17.9 Å². The molecule has 6 heteroatoms. The molecular formula is C30H39N3O2S. The molecular weight excluding hydrogens is 466 g/mol. The molecule has 5 nitrogen and oxygen atoms in total. The minimum atomic E-state index is -0.226. The van der Waals surface area contributed by atoms with E-state index in [-0.39, 0.29) is 30.3 Å². The predicted molar refractivity (Wildman–Crippen MR) is 151 cm³/mol. The van der Waals surface area contributed by atoms with Crippen molar-refractivity contribution < 1.29 is 9.59 Å². The van der Waals surface area contributed by atoms with Crippen LogP contribution in [0.25, 0.3) is 0 Å². The molecule has 0 spiro atoms. The number of urea groups is 1. The van der Waals surface area contributed by atoms with Crippen LogP contribution in [0.3, 0.4) is 0 Å². The molecule has 3 rings (SSSR count). The van der Waals surface area contributed by atoms with Gasteiger partial charge in [0.1, 0.15) is 6.54 Å². The van der Waals surface area contributed by atoms with Crippen LogP contribution in [-0.4, -0.2) is 34.8 Å². The van der Waals surface area contributed by atoms with Gasteiger partial charge in [0.15, 0.2) is 0 Å². The van der Waals surface area contributed by atoms with Gasteiger partial charge in [-0.1, -0.05) is 89.2 Å². The van der Waals surface area contributed by atoms with E-state index < -0.39 is 0 Å². The van der Waals surface area contributed by atoms with Crippen LogP contribution >= 0.6 is 11.3 Å². The van der Waals surface area contributed by atoms with Gasteiger partial charge in [-0.15, -0.1) is 11.3 Å². The lowest BCUT2D eigenvalue weighted by Crippen LogP contribution is -2.44. The standard InChI is InChI=1S/C30H39N3O2S/c1-6-17-32(30(35)31-29-26(22(2)3)15-10-16-27(29)23(4)5)21-28(34)33(20-25-14-11-18-36-25)19-24-12-8-7-9-13-24/h7-16,18,22-23H,6,17,19-21H2,1-5H3,(H,31,35). The first-order valence-corrected chi connectivity index (χ1v) is 13.7. The number of amides is 3. The normalized spacial score (nSPS) is 11.1. The summed E-state index contributed by atoms with van der Waals surface area (Å²) in [7, 11) is 0. The van der Waals surface area contributed by atoms with Crippen LogP contribution in [0.5, 0.6) is 0 Å². The van der Waals surface area contributed by atoms with Crippen molar-refractivity contribution in [1.82, 2.24) is 9.80 Å². The Bertz CT molecular complexity index is 1080. The van der Waals surface area contributed by atoms with Crippen molar-refractivity contribution in [1.29, 1.82) is 0 Å². The maximum atomic E-state index is 13.6. The van der Waals surface area contributed by atoms with Crippen LogP contribution < -0.4 is 5.32 Å². The van der Waals surface area contributed by atoms with Crippen molar-refractivity contribution >= 4 is 29.0 Å². The molecule has 0 fully saturated rings. The van der Waals surface area contributed by atoms with Gasteiger partial charge in [0, 0.05) is 23.7 Å². The fraction of sp³-hybridized carbons (Fsp3) is 0.400. The molecule has 3 aromatic rings. The Hall–Kier alpha value is -3.12. The lowest BCUT2D eigenvalue weighted by Gasteiger charge is -2.29. The van der Waals surface area contributed by atoms with Gasteiger partial charge in [-0.3, -0.25) is 4.79 Å². The van der Waals surface area contributed by atoms with Gasteiger partial charge in [-0.05, 0) is 46.4 Å². The summed E-state index contributed by atoms with van der Waals surface area (Å²) in [6.07, 6.45) is 0.771. The summed E-state index contributed by atoms with van der Waals surface area (Å²) in [5.74, 6) is 0.483. The molecule has 0 atom stereocenters. The van der Waals surface area contributed by atoms with E-state index in [0.717, 1.165) is 33.7 Å². The number of carbonyl (C=O) groups excluding carboxylic acids is 2. The van der Waals surface area contributed by atoms with Gasteiger partial charge in [0.2, 0.25) is 5.91 Å². The lowest BCUT2D eigenvalue weighted by molar-refractivity contribution is -0.133. The second-order valence-electron chi connectivity index (χ2n) is 9.79. The summed E-state index contributed by atoms with van der Waals surface area (Å²) in [6.45, 7) is 12.1. The molecule has 0 aliphatic heterocycles. The molecule has 0 aliphatic carbocycles. The van der Waals surface area contributed by atoms with Crippen LogP contribution in [0.1, 0.15) is 74.4 Å². The maximum absolute atomic E-state index is 13.6. The van der Waals surface area contributed by atoms with Crippen LogP contribution in [0, 0.1) is 0 Å². The van der Waals surface area contributed by atoms with Crippen LogP contribution in [0.15, 0.2) is 66.0 Å². The number of benzene rings is 2. The molecule has 0 saturated carbocycles. The van der Waals surface area contributed by atoms with Crippen molar-refractivity contribution in [3.63, 3.8) is 0 Å². The van der Waals surface area contributed by atoms with E-state index in [9.17, 15) is 9.59 Å². The molecule has 2 aromatic carbocycles. The minimum absolute atomic E-state index is 0.0404. The largest absolute Gasteiger partial charge is 0.332 e. The van der Waals surface area contributed by atoms with Crippen molar-refractivity contribution in [2.45, 2.75) is 66.0 Å². The summed E-state index contributed by atoms with van der Waals surface area (Å²) in [5.41, 5.74) is 4.17. The third-order valence-electron chi connectivity index (χ3n) is 6.21. The van der Waals surface area contributed by atoms with E-state index in [1.165, 1.54) is 0 Å². The number of thiophene rings is 1. The van der Waals surface area contributed by atoms with Gasteiger partial charge in [0.05, 0.1) is 6.54 Å². The number of anilines is 1. The smallest absolute Gasteiger partial charge is 0.322 e.